The number of carbonyl (C=O) groups is 2. The Kier molecular flexibility index (Phi) is 3.14. The van der Waals surface area contributed by atoms with Crippen LogP contribution in [0.1, 0.15) is 15.9 Å². The fourth-order valence-electron chi connectivity index (χ4n) is 1.64. The summed E-state index contributed by atoms with van der Waals surface area (Å²) in [6.45, 7) is 1.08. The van der Waals surface area contributed by atoms with Crippen LogP contribution in [0.15, 0.2) is 24.3 Å². The lowest BCUT2D eigenvalue weighted by atomic mass is 10.1. The lowest BCUT2D eigenvalue weighted by Crippen LogP contribution is -2.23. The van der Waals surface area contributed by atoms with E-state index in [-0.39, 0.29) is 10.8 Å². The number of amides is 1. The Hall–Kier alpha value is -1.49. The SMILES string of the molecule is O=C(O)c1ccccc1CN1CCSC1=O. The average molecular weight is 237 g/mol. The third kappa shape index (κ3) is 2.19. The maximum absolute atomic E-state index is 11.4. The van der Waals surface area contributed by atoms with Crippen LogP contribution in [0.3, 0.4) is 0 Å². The molecule has 0 radical (unpaired) electrons. The summed E-state index contributed by atoms with van der Waals surface area (Å²) in [6.07, 6.45) is 0. The zero-order chi connectivity index (χ0) is 11.5. The molecule has 4 nitrogen and oxygen atoms in total. The number of thioether (sulfide) groups is 1. The topological polar surface area (TPSA) is 57.6 Å². The summed E-state index contributed by atoms with van der Waals surface area (Å²) in [7, 11) is 0. The molecule has 0 bridgehead atoms. The van der Waals surface area contributed by atoms with Gasteiger partial charge in [-0.2, -0.15) is 0 Å². The van der Waals surface area contributed by atoms with Crippen molar-refractivity contribution < 1.29 is 14.7 Å². The molecule has 1 amide bonds. The molecule has 0 unspecified atom stereocenters. The highest BCUT2D eigenvalue weighted by Crippen LogP contribution is 2.21. The third-order valence-corrected chi connectivity index (χ3v) is 3.35. The van der Waals surface area contributed by atoms with Crippen LogP contribution in [0.5, 0.6) is 0 Å². The molecule has 0 saturated carbocycles. The quantitative estimate of drug-likeness (QED) is 0.874. The van der Waals surface area contributed by atoms with Crippen LogP contribution in [0.25, 0.3) is 0 Å². The fraction of sp³-hybridized carbons (Fsp3) is 0.273. The lowest BCUT2D eigenvalue weighted by molar-refractivity contribution is 0.0694. The number of benzene rings is 1. The van der Waals surface area contributed by atoms with Crippen molar-refractivity contribution in [3.63, 3.8) is 0 Å². The lowest BCUT2D eigenvalue weighted by Gasteiger charge is -2.15. The van der Waals surface area contributed by atoms with Crippen LogP contribution in [0.4, 0.5) is 4.79 Å². The largest absolute Gasteiger partial charge is 0.478 e. The summed E-state index contributed by atoms with van der Waals surface area (Å²) < 4.78 is 0. The third-order valence-electron chi connectivity index (χ3n) is 2.45. The molecular weight excluding hydrogens is 226 g/mol. The molecule has 0 atom stereocenters. The second kappa shape index (κ2) is 4.57. The van der Waals surface area contributed by atoms with Crippen molar-refractivity contribution >= 4 is 23.0 Å². The first-order valence-electron chi connectivity index (χ1n) is 4.91. The Labute approximate surface area is 97.3 Å². The molecule has 0 aliphatic carbocycles. The second-order valence-corrected chi connectivity index (χ2v) is 4.54. The Morgan fingerprint density at radius 2 is 2.19 bits per heavy atom. The predicted molar refractivity (Wildman–Crippen MR) is 61.7 cm³/mol. The van der Waals surface area contributed by atoms with Crippen LogP contribution in [-0.2, 0) is 6.54 Å². The second-order valence-electron chi connectivity index (χ2n) is 3.50. The number of hydrogen-bond donors (Lipinski definition) is 1. The van der Waals surface area contributed by atoms with Gasteiger partial charge in [-0.3, -0.25) is 4.79 Å². The monoisotopic (exact) mass is 237 g/mol. The van der Waals surface area contributed by atoms with Gasteiger partial charge in [0.1, 0.15) is 0 Å². The van der Waals surface area contributed by atoms with E-state index in [1.54, 1.807) is 29.2 Å². The smallest absolute Gasteiger partial charge is 0.336 e. The minimum absolute atomic E-state index is 0.0280. The van der Waals surface area contributed by atoms with Crippen molar-refractivity contribution in [2.75, 3.05) is 12.3 Å². The van der Waals surface area contributed by atoms with E-state index >= 15 is 0 Å². The highest BCUT2D eigenvalue weighted by molar-refractivity contribution is 8.13. The van der Waals surface area contributed by atoms with Crippen LogP contribution < -0.4 is 0 Å². The van der Waals surface area contributed by atoms with Gasteiger partial charge in [0.05, 0.1) is 5.56 Å². The maximum Gasteiger partial charge on any atom is 0.336 e. The van der Waals surface area contributed by atoms with E-state index in [1.165, 1.54) is 11.8 Å². The highest BCUT2D eigenvalue weighted by atomic mass is 32.2. The van der Waals surface area contributed by atoms with Gasteiger partial charge < -0.3 is 10.0 Å². The van der Waals surface area contributed by atoms with Crippen molar-refractivity contribution in [1.82, 2.24) is 4.90 Å². The zero-order valence-electron chi connectivity index (χ0n) is 8.55. The van der Waals surface area contributed by atoms with Gasteiger partial charge in [-0.1, -0.05) is 30.0 Å². The number of aromatic carboxylic acids is 1. The van der Waals surface area contributed by atoms with E-state index in [0.29, 0.717) is 18.7 Å². The van der Waals surface area contributed by atoms with E-state index in [9.17, 15) is 9.59 Å². The number of hydrogen-bond acceptors (Lipinski definition) is 3. The maximum atomic E-state index is 11.4. The minimum Gasteiger partial charge on any atom is -0.478 e. The van der Waals surface area contributed by atoms with Gasteiger partial charge in [-0.15, -0.1) is 0 Å². The molecule has 84 valence electrons. The Morgan fingerprint density at radius 3 is 2.81 bits per heavy atom. The summed E-state index contributed by atoms with van der Waals surface area (Å²) in [4.78, 5) is 24.0. The molecule has 1 N–H and O–H groups in total. The fourth-order valence-corrected chi connectivity index (χ4v) is 2.47. The van der Waals surface area contributed by atoms with E-state index in [2.05, 4.69) is 0 Å². The number of nitrogens with zero attached hydrogens (tertiary/aromatic N) is 1. The molecule has 1 fully saturated rings. The van der Waals surface area contributed by atoms with Crippen LogP contribution in [0.2, 0.25) is 0 Å². The Morgan fingerprint density at radius 1 is 1.44 bits per heavy atom. The summed E-state index contributed by atoms with van der Waals surface area (Å²) in [5.41, 5.74) is 0.957. The Balaban J connectivity index is 2.20. The van der Waals surface area contributed by atoms with Gasteiger partial charge in [0.2, 0.25) is 0 Å². The van der Waals surface area contributed by atoms with Crippen molar-refractivity contribution in [3.8, 4) is 0 Å². The zero-order valence-corrected chi connectivity index (χ0v) is 9.37. The molecule has 1 aliphatic heterocycles. The van der Waals surface area contributed by atoms with Gasteiger partial charge in [-0.25, -0.2) is 4.79 Å². The van der Waals surface area contributed by atoms with Gasteiger partial charge in [0.15, 0.2) is 0 Å². The first-order valence-corrected chi connectivity index (χ1v) is 5.90. The molecule has 1 saturated heterocycles. The summed E-state index contributed by atoms with van der Waals surface area (Å²) >= 11 is 1.28. The number of carboxylic acid groups (broad SMARTS) is 1. The summed E-state index contributed by atoms with van der Waals surface area (Å²) in [5.74, 6) is -0.163. The molecule has 1 heterocycles. The highest BCUT2D eigenvalue weighted by Gasteiger charge is 2.22. The molecule has 0 aromatic heterocycles. The average Bonchev–Trinajstić information content (AvgIpc) is 2.65. The van der Waals surface area contributed by atoms with Crippen molar-refractivity contribution in [3.05, 3.63) is 35.4 Å². The molecule has 16 heavy (non-hydrogen) atoms. The van der Waals surface area contributed by atoms with Gasteiger partial charge in [0.25, 0.3) is 5.24 Å². The van der Waals surface area contributed by atoms with Crippen molar-refractivity contribution in [2.24, 2.45) is 0 Å². The minimum atomic E-state index is -0.949. The number of carbonyl (C=O) groups excluding carboxylic acids is 1. The van der Waals surface area contributed by atoms with Gasteiger partial charge >= 0.3 is 5.97 Å². The van der Waals surface area contributed by atoms with Crippen molar-refractivity contribution in [1.29, 1.82) is 0 Å². The summed E-state index contributed by atoms with van der Waals surface area (Å²) in [6, 6.07) is 6.79. The summed E-state index contributed by atoms with van der Waals surface area (Å²) in [5, 5.41) is 9.02. The first-order chi connectivity index (χ1) is 7.68. The normalized spacial score (nSPS) is 15.5. The van der Waals surface area contributed by atoms with E-state index < -0.39 is 5.97 Å². The van der Waals surface area contributed by atoms with E-state index in [4.69, 9.17) is 5.11 Å². The van der Waals surface area contributed by atoms with Crippen LogP contribution in [0, 0.1) is 0 Å². The van der Waals surface area contributed by atoms with E-state index in [1.807, 2.05) is 0 Å². The Bertz CT molecular complexity index is 433. The molecule has 5 heteroatoms. The van der Waals surface area contributed by atoms with Crippen LogP contribution in [-0.4, -0.2) is 33.5 Å². The molecule has 1 aliphatic rings. The van der Waals surface area contributed by atoms with Crippen molar-refractivity contribution in [2.45, 2.75) is 6.54 Å². The van der Waals surface area contributed by atoms with Crippen LogP contribution >= 0.6 is 11.8 Å². The number of rotatable bonds is 3. The van der Waals surface area contributed by atoms with Gasteiger partial charge in [0, 0.05) is 18.8 Å². The predicted octanol–water partition coefficient (Wildman–Crippen LogP) is 2.05. The first kappa shape index (κ1) is 11.0. The standard InChI is InChI=1S/C11H11NO3S/c13-10(14)9-4-2-1-3-8(9)7-12-5-6-16-11(12)15/h1-4H,5-7H2,(H,13,14). The molecular formula is C11H11NO3S. The number of carboxylic acids is 1. The molecule has 2 rings (SSSR count). The van der Waals surface area contributed by atoms with Gasteiger partial charge in [-0.05, 0) is 11.6 Å². The molecule has 0 spiro atoms. The molecule has 1 aromatic rings. The molecule has 1 aromatic carbocycles. The van der Waals surface area contributed by atoms with E-state index in [0.717, 1.165) is 5.75 Å².